The van der Waals surface area contributed by atoms with E-state index in [1.807, 2.05) is 36.4 Å². The minimum Gasteiger partial charge on any atom is -0.478 e. The van der Waals surface area contributed by atoms with Gasteiger partial charge in [0.25, 0.3) is 0 Å². The van der Waals surface area contributed by atoms with Crippen LogP contribution >= 0.6 is 0 Å². The highest BCUT2D eigenvalue weighted by atomic mass is 16.5. The van der Waals surface area contributed by atoms with Crippen LogP contribution in [0.3, 0.4) is 0 Å². The fourth-order valence-electron chi connectivity index (χ4n) is 2.81. The molecule has 0 bridgehead atoms. The van der Waals surface area contributed by atoms with Crippen LogP contribution in [-0.4, -0.2) is 29.0 Å². The van der Waals surface area contributed by atoms with E-state index in [9.17, 15) is 14.7 Å². The molecule has 0 saturated heterocycles. The van der Waals surface area contributed by atoms with Crippen molar-refractivity contribution in [3.05, 3.63) is 65.7 Å². The molecule has 0 radical (unpaired) electrons. The van der Waals surface area contributed by atoms with Crippen LogP contribution < -0.4 is 10.2 Å². The van der Waals surface area contributed by atoms with E-state index in [1.54, 1.807) is 32.2 Å². The Bertz CT molecular complexity index is 846. The molecular formula is C19H18N2O4. The zero-order valence-electron chi connectivity index (χ0n) is 13.9. The number of carbonyl (C=O) groups excluding carboxylic acids is 1. The van der Waals surface area contributed by atoms with Crippen LogP contribution in [0.4, 0.5) is 0 Å². The van der Waals surface area contributed by atoms with Gasteiger partial charge in [-0.15, -0.1) is 0 Å². The highest BCUT2D eigenvalue weighted by Gasteiger charge is 2.35. The van der Waals surface area contributed by atoms with Gasteiger partial charge in [0.2, 0.25) is 5.91 Å². The number of benzene rings is 2. The maximum Gasteiger partial charge on any atom is 0.334 e. The van der Waals surface area contributed by atoms with Crippen molar-refractivity contribution in [3.8, 4) is 11.5 Å². The highest BCUT2D eigenvalue weighted by Crippen LogP contribution is 2.36. The van der Waals surface area contributed by atoms with Crippen LogP contribution in [0.1, 0.15) is 12.5 Å². The second kappa shape index (κ2) is 6.68. The fourth-order valence-corrected chi connectivity index (χ4v) is 2.81. The number of carbonyl (C=O) groups is 2. The van der Waals surface area contributed by atoms with Gasteiger partial charge in [0.1, 0.15) is 11.5 Å². The van der Waals surface area contributed by atoms with Crippen molar-refractivity contribution >= 4 is 17.6 Å². The van der Waals surface area contributed by atoms with Crippen molar-refractivity contribution in [2.75, 3.05) is 7.05 Å². The van der Waals surface area contributed by atoms with Crippen molar-refractivity contribution in [2.24, 2.45) is 5.92 Å². The minimum atomic E-state index is -1.13. The van der Waals surface area contributed by atoms with E-state index in [4.69, 9.17) is 4.74 Å². The first-order valence-corrected chi connectivity index (χ1v) is 7.83. The average Bonchev–Trinajstić information content (AvgIpc) is 2.59. The number of nitrogens with one attached hydrogen (secondary N) is 1. The summed E-state index contributed by atoms with van der Waals surface area (Å²) in [7, 11) is 1.61. The molecule has 2 N–H and O–H groups in total. The van der Waals surface area contributed by atoms with E-state index in [1.165, 1.54) is 5.01 Å². The molecule has 128 valence electrons. The van der Waals surface area contributed by atoms with E-state index in [0.29, 0.717) is 22.8 Å². The molecule has 0 fully saturated rings. The SMILES string of the molecule is CC1C(=O)NN(C)C(c2ccccc2Oc2ccccc2)=C1C(=O)O. The first kappa shape index (κ1) is 16.6. The van der Waals surface area contributed by atoms with E-state index in [0.717, 1.165) is 0 Å². The van der Waals surface area contributed by atoms with Gasteiger partial charge in [-0.25, -0.2) is 4.79 Å². The van der Waals surface area contributed by atoms with Crippen molar-refractivity contribution in [3.63, 3.8) is 0 Å². The Morgan fingerprint density at radius 2 is 1.76 bits per heavy atom. The van der Waals surface area contributed by atoms with E-state index >= 15 is 0 Å². The molecule has 6 nitrogen and oxygen atoms in total. The Kier molecular flexibility index (Phi) is 4.43. The van der Waals surface area contributed by atoms with Gasteiger partial charge in [-0.3, -0.25) is 15.2 Å². The smallest absolute Gasteiger partial charge is 0.334 e. The molecule has 6 heteroatoms. The number of ether oxygens (including phenoxy) is 1. The molecule has 0 spiro atoms. The van der Waals surface area contributed by atoms with Crippen LogP contribution in [-0.2, 0) is 9.59 Å². The third-order valence-electron chi connectivity index (χ3n) is 4.04. The number of carboxylic acids is 1. The monoisotopic (exact) mass is 338 g/mol. The summed E-state index contributed by atoms with van der Waals surface area (Å²) in [6.07, 6.45) is 0. The third-order valence-corrected chi connectivity index (χ3v) is 4.04. The second-order valence-electron chi connectivity index (χ2n) is 5.74. The Labute approximate surface area is 145 Å². The molecule has 1 heterocycles. The summed E-state index contributed by atoms with van der Waals surface area (Å²) in [5, 5.41) is 11.1. The zero-order chi connectivity index (χ0) is 18.0. The lowest BCUT2D eigenvalue weighted by molar-refractivity contribution is -0.137. The van der Waals surface area contributed by atoms with Crippen LogP contribution in [0.15, 0.2) is 60.2 Å². The molecule has 2 aromatic carbocycles. The van der Waals surface area contributed by atoms with Crippen LogP contribution in [0.5, 0.6) is 11.5 Å². The maximum atomic E-state index is 12.0. The quantitative estimate of drug-likeness (QED) is 0.896. The van der Waals surface area contributed by atoms with E-state index in [2.05, 4.69) is 5.43 Å². The van der Waals surface area contributed by atoms with E-state index in [-0.39, 0.29) is 11.5 Å². The zero-order valence-corrected chi connectivity index (χ0v) is 13.9. The number of para-hydroxylation sites is 2. The lowest BCUT2D eigenvalue weighted by Gasteiger charge is -2.33. The molecular weight excluding hydrogens is 320 g/mol. The third kappa shape index (κ3) is 3.19. The van der Waals surface area contributed by atoms with Gasteiger partial charge in [0.15, 0.2) is 0 Å². The van der Waals surface area contributed by atoms with Crippen LogP contribution in [0.2, 0.25) is 0 Å². The van der Waals surface area contributed by atoms with Crippen LogP contribution in [0.25, 0.3) is 5.70 Å². The second-order valence-corrected chi connectivity index (χ2v) is 5.74. The topological polar surface area (TPSA) is 78.9 Å². The molecule has 1 amide bonds. The average molecular weight is 338 g/mol. The van der Waals surface area contributed by atoms with E-state index < -0.39 is 11.9 Å². The fraction of sp³-hybridized carbons (Fsp3) is 0.158. The Morgan fingerprint density at radius 3 is 2.44 bits per heavy atom. The first-order valence-electron chi connectivity index (χ1n) is 7.83. The largest absolute Gasteiger partial charge is 0.478 e. The lowest BCUT2D eigenvalue weighted by atomic mass is 9.92. The normalized spacial score (nSPS) is 17.3. The van der Waals surface area contributed by atoms with Crippen molar-refractivity contribution in [1.82, 2.24) is 10.4 Å². The summed E-state index contributed by atoms with van der Waals surface area (Å²) in [5.41, 5.74) is 3.71. The number of hydrazine groups is 1. The number of aliphatic carboxylic acids is 1. The Hall–Kier alpha value is -3.28. The molecule has 0 aromatic heterocycles. The molecule has 3 rings (SSSR count). The first-order chi connectivity index (χ1) is 12.0. The van der Waals surface area contributed by atoms with Gasteiger partial charge in [-0.05, 0) is 31.2 Å². The van der Waals surface area contributed by atoms with Gasteiger partial charge < -0.3 is 9.84 Å². The molecule has 25 heavy (non-hydrogen) atoms. The lowest BCUT2D eigenvalue weighted by Crippen LogP contribution is -2.47. The van der Waals surface area contributed by atoms with Crippen molar-refractivity contribution < 1.29 is 19.4 Å². The number of hydrogen-bond acceptors (Lipinski definition) is 4. The Balaban J connectivity index is 2.14. The summed E-state index contributed by atoms with van der Waals surface area (Å²) in [6.45, 7) is 1.58. The predicted molar refractivity (Wildman–Crippen MR) is 92.6 cm³/mol. The van der Waals surface area contributed by atoms with Gasteiger partial charge >= 0.3 is 5.97 Å². The molecule has 2 aromatic rings. The minimum absolute atomic E-state index is 0.0374. The van der Waals surface area contributed by atoms with Crippen molar-refractivity contribution in [1.29, 1.82) is 0 Å². The predicted octanol–water partition coefficient (Wildman–Crippen LogP) is 2.89. The summed E-state index contributed by atoms with van der Waals surface area (Å²) in [5.74, 6) is -1.10. The van der Waals surface area contributed by atoms with Gasteiger partial charge in [-0.1, -0.05) is 30.3 Å². The number of carboxylic acid groups (broad SMARTS) is 1. The molecule has 0 aliphatic carbocycles. The van der Waals surface area contributed by atoms with Crippen LogP contribution in [0, 0.1) is 5.92 Å². The standard InChI is InChI=1S/C19H18N2O4/c1-12-16(19(23)24)17(21(2)20-18(12)22)14-10-6-7-11-15(14)25-13-8-4-3-5-9-13/h3-12H,1-2H3,(H,20,22)(H,23,24). The number of nitrogens with zero attached hydrogens (tertiary/aromatic N) is 1. The molecule has 1 aliphatic heterocycles. The molecule has 1 atom stereocenters. The number of hydrogen-bond donors (Lipinski definition) is 2. The highest BCUT2D eigenvalue weighted by molar-refractivity contribution is 6.04. The summed E-state index contributed by atoms with van der Waals surface area (Å²) >= 11 is 0. The molecule has 1 aliphatic rings. The van der Waals surface area contributed by atoms with Gasteiger partial charge in [-0.2, -0.15) is 0 Å². The Morgan fingerprint density at radius 1 is 1.12 bits per heavy atom. The molecule has 1 unspecified atom stereocenters. The summed E-state index contributed by atoms with van der Waals surface area (Å²) in [6, 6.07) is 16.4. The van der Waals surface area contributed by atoms with Gasteiger partial charge in [0.05, 0.1) is 17.2 Å². The number of amides is 1. The van der Waals surface area contributed by atoms with Crippen molar-refractivity contribution in [2.45, 2.75) is 6.92 Å². The summed E-state index contributed by atoms with van der Waals surface area (Å²) < 4.78 is 5.93. The number of rotatable bonds is 4. The molecule has 0 saturated carbocycles. The maximum absolute atomic E-state index is 12.0. The van der Waals surface area contributed by atoms with Gasteiger partial charge in [0, 0.05) is 12.6 Å². The summed E-state index contributed by atoms with van der Waals surface area (Å²) in [4.78, 5) is 23.8.